The van der Waals surface area contributed by atoms with E-state index >= 15 is 0 Å². The quantitative estimate of drug-likeness (QED) is 0.690. The van der Waals surface area contributed by atoms with Gasteiger partial charge in [0.1, 0.15) is 18.4 Å². The van der Waals surface area contributed by atoms with Crippen LogP contribution in [0.4, 0.5) is 0 Å². The smallest absolute Gasteiger partial charge is 0.340 e. The molecule has 0 saturated heterocycles. The first-order chi connectivity index (χ1) is 10.3. The molecule has 0 atom stereocenters. The molecule has 0 aliphatic rings. The Labute approximate surface area is 121 Å². The molecule has 1 aromatic carbocycles. The van der Waals surface area contributed by atoms with Crippen LogP contribution in [0.25, 0.3) is 5.52 Å². The van der Waals surface area contributed by atoms with Crippen molar-refractivity contribution in [3.8, 4) is 6.07 Å². The number of aromatic nitrogens is 1. The molecule has 0 aliphatic carbocycles. The number of benzene rings is 1. The SMILES string of the molecule is N#Cc1cc(C(=O)OCc2ccccc2)c2ccccn12. The van der Waals surface area contributed by atoms with E-state index in [0.717, 1.165) is 5.56 Å². The van der Waals surface area contributed by atoms with E-state index in [1.165, 1.54) is 0 Å². The van der Waals surface area contributed by atoms with Crippen molar-refractivity contribution in [3.05, 3.63) is 77.6 Å². The monoisotopic (exact) mass is 276 g/mol. The number of esters is 1. The van der Waals surface area contributed by atoms with Gasteiger partial charge in [-0.2, -0.15) is 5.26 Å². The minimum atomic E-state index is -0.427. The zero-order chi connectivity index (χ0) is 14.7. The zero-order valence-electron chi connectivity index (χ0n) is 11.2. The fraction of sp³-hybridized carbons (Fsp3) is 0.0588. The van der Waals surface area contributed by atoms with Gasteiger partial charge in [-0.05, 0) is 23.8 Å². The van der Waals surface area contributed by atoms with E-state index in [9.17, 15) is 4.79 Å². The average Bonchev–Trinajstić information content (AvgIpc) is 2.92. The molecule has 102 valence electrons. The van der Waals surface area contributed by atoms with Crippen LogP contribution in [0, 0.1) is 11.3 Å². The molecule has 0 bridgehead atoms. The Balaban J connectivity index is 1.87. The highest BCUT2D eigenvalue weighted by molar-refractivity contribution is 5.98. The number of hydrogen-bond donors (Lipinski definition) is 0. The minimum absolute atomic E-state index is 0.214. The van der Waals surface area contributed by atoms with Gasteiger partial charge >= 0.3 is 5.97 Å². The lowest BCUT2D eigenvalue weighted by Gasteiger charge is -2.04. The maximum Gasteiger partial charge on any atom is 0.340 e. The number of nitrogens with zero attached hydrogens (tertiary/aromatic N) is 2. The number of fused-ring (bicyclic) bond motifs is 1. The summed E-state index contributed by atoms with van der Waals surface area (Å²) < 4.78 is 7.00. The second-order valence-corrected chi connectivity index (χ2v) is 4.57. The molecule has 0 unspecified atom stereocenters. The maximum atomic E-state index is 12.2. The maximum absolute atomic E-state index is 12.2. The summed E-state index contributed by atoms with van der Waals surface area (Å²) in [5.74, 6) is -0.427. The van der Waals surface area contributed by atoms with Crippen LogP contribution >= 0.6 is 0 Å². The second-order valence-electron chi connectivity index (χ2n) is 4.57. The molecular weight excluding hydrogens is 264 g/mol. The van der Waals surface area contributed by atoms with Gasteiger partial charge in [0, 0.05) is 6.20 Å². The summed E-state index contributed by atoms with van der Waals surface area (Å²) in [4.78, 5) is 12.2. The first-order valence-electron chi connectivity index (χ1n) is 6.51. The zero-order valence-corrected chi connectivity index (χ0v) is 11.2. The molecule has 0 spiro atoms. The molecule has 0 fully saturated rings. The van der Waals surface area contributed by atoms with Gasteiger partial charge in [-0.15, -0.1) is 0 Å². The van der Waals surface area contributed by atoms with Crippen molar-refractivity contribution in [1.82, 2.24) is 4.40 Å². The lowest BCUT2D eigenvalue weighted by molar-refractivity contribution is 0.0475. The number of pyridine rings is 1. The molecule has 3 aromatic rings. The van der Waals surface area contributed by atoms with E-state index in [-0.39, 0.29) is 6.61 Å². The minimum Gasteiger partial charge on any atom is -0.457 e. The van der Waals surface area contributed by atoms with Gasteiger partial charge in [-0.25, -0.2) is 4.79 Å². The highest BCUT2D eigenvalue weighted by atomic mass is 16.5. The molecule has 0 N–H and O–H groups in total. The van der Waals surface area contributed by atoms with E-state index in [0.29, 0.717) is 16.8 Å². The first-order valence-corrected chi connectivity index (χ1v) is 6.51. The Morgan fingerprint density at radius 1 is 1.14 bits per heavy atom. The average molecular weight is 276 g/mol. The number of nitriles is 1. The number of carbonyl (C=O) groups excluding carboxylic acids is 1. The number of rotatable bonds is 3. The fourth-order valence-electron chi connectivity index (χ4n) is 2.20. The van der Waals surface area contributed by atoms with Crippen molar-refractivity contribution in [3.63, 3.8) is 0 Å². The highest BCUT2D eigenvalue weighted by Crippen LogP contribution is 2.18. The van der Waals surface area contributed by atoms with E-state index in [1.54, 1.807) is 22.7 Å². The van der Waals surface area contributed by atoms with E-state index in [4.69, 9.17) is 10.00 Å². The van der Waals surface area contributed by atoms with Crippen LogP contribution in [-0.4, -0.2) is 10.4 Å². The molecule has 0 radical (unpaired) electrons. The number of ether oxygens (including phenoxy) is 1. The lowest BCUT2D eigenvalue weighted by atomic mass is 10.2. The second kappa shape index (κ2) is 5.51. The molecule has 3 rings (SSSR count). The van der Waals surface area contributed by atoms with Crippen molar-refractivity contribution in [2.24, 2.45) is 0 Å². The van der Waals surface area contributed by atoms with Gasteiger partial charge in [0.25, 0.3) is 0 Å². The van der Waals surface area contributed by atoms with Crippen LogP contribution in [0.1, 0.15) is 21.6 Å². The largest absolute Gasteiger partial charge is 0.457 e. The van der Waals surface area contributed by atoms with Gasteiger partial charge in [0.15, 0.2) is 0 Å². The first kappa shape index (κ1) is 12.9. The Morgan fingerprint density at radius 3 is 2.67 bits per heavy atom. The van der Waals surface area contributed by atoms with Crippen molar-refractivity contribution in [1.29, 1.82) is 5.26 Å². The van der Waals surface area contributed by atoms with Gasteiger partial charge in [0.2, 0.25) is 0 Å². The molecule has 21 heavy (non-hydrogen) atoms. The summed E-state index contributed by atoms with van der Waals surface area (Å²) in [5.41, 5.74) is 2.42. The number of carbonyl (C=O) groups is 1. The Hall–Kier alpha value is -3.06. The predicted octanol–water partition coefficient (Wildman–Crippen LogP) is 3.17. The van der Waals surface area contributed by atoms with Crippen LogP contribution in [-0.2, 0) is 11.3 Å². The Morgan fingerprint density at radius 2 is 1.90 bits per heavy atom. The summed E-state index contributed by atoms with van der Waals surface area (Å²) in [6.45, 7) is 0.214. The lowest BCUT2D eigenvalue weighted by Crippen LogP contribution is -2.04. The molecule has 0 aliphatic heterocycles. The normalized spacial score (nSPS) is 10.2. The van der Waals surface area contributed by atoms with E-state index in [2.05, 4.69) is 6.07 Å². The molecule has 0 saturated carbocycles. The van der Waals surface area contributed by atoms with Gasteiger partial charge in [-0.1, -0.05) is 36.4 Å². The molecular formula is C17H12N2O2. The van der Waals surface area contributed by atoms with Crippen molar-refractivity contribution in [2.45, 2.75) is 6.61 Å². The topological polar surface area (TPSA) is 54.5 Å². The van der Waals surface area contributed by atoms with Crippen molar-refractivity contribution >= 4 is 11.5 Å². The van der Waals surface area contributed by atoms with Crippen LogP contribution < -0.4 is 0 Å². The predicted molar refractivity (Wildman–Crippen MR) is 77.7 cm³/mol. The summed E-state index contributed by atoms with van der Waals surface area (Å²) in [5, 5.41) is 9.12. The molecule has 2 heterocycles. The Bertz CT molecular complexity index is 829. The van der Waals surface area contributed by atoms with Crippen molar-refractivity contribution in [2.75, 3.05) is 0 Å². The van der Waals surface area contributed by atoms with Crippen LogP contribution in [0.2, 0.25) is 0 Å². The van der Waals surface area contributed by atoms with Gasteiger partial charge < -0.3 is 9.14 Å². The molecule has 2 aromatic heterocycles. The van der Waals surface area contributed by atoms with Crippen LogP contribution in [0.3, 0.4) is 0 Å². The molecule has 4 nitrogen and oxygen atoms in total. The summed E-state index contributed by atoms with van der Waals surface area (Å²) in [6, 6.07) is 18.5. The van der Waals surface area contributed by atoms with Crippen LogP contribution in [0.5, 0.6) is 0 Å². The molecule has 4 heteroatoms. The van der Waals surface area contributed by atoms with Gasteiger partial charge in [-0.3, -0.25) is 0 Å². The highest BCUT2D eigenvalue weighted by Gasteiger charge is 2.16. The fourth-order valence-corrected chi connectivity index (χ4v) is 2.20. The summed E-state index contributed by atoms with van der Waals surface area (Å²) in [7, 11) is 0. The summed E-state index contributed by atoms with van der Waals surface area (Å²) >= 11 is 0. The Kier molecular flexibility index (Phi) is 3.40. The third kappa shape index (κ3) is 2.49. The standard InChI is InChI=1S/C17H12N2O2/c18-11-14-10-15(16-8-4-5-9-19(14)16)17(20)21-12-13-6-2-1-3-7-13/h1-10H,12H2. The third-order valence-corrected chi connectivity index (χ3v) is 3.22. The third-order valence-electron chi connectivity index (χ3n) is 3.22. The van der Waals surface area contributed by atoms with Crippen molar-refractivity contribution < 1.29 is 9.53 Å². The van der Waals surface area contributed by atoms with E-state index < -0.39 is 5.97 Å². The number of hydrogen-bond acceptors (Lipinski definition) is 3. The molecule has 0 amide bonds. The van der Waals surface area contributed by atoms with Gasteiger partial charge in [0.05, 0.1) is 11.1 Å². The summed E-state index contributed by atoms with van der Waals surface area (Å²) in [6.07, 6.45) is 1.75. The van der Waals surface area contributed by atoms with E-state index in [1.807, 2.05) is 42.5 Å². The van der Waals surface area contributed by atoms with Crippen LogP contribution in [0.15, 0.2) is 60.8 Å².